The Balaban J connectivity index is 1.94. The maximum Gasteiger partial charge on any atom is 0.254 e. The predicted octanol–water partition coefficient (Wildman–Crippen LogP) is 2.79. The third-order valence-corrected chi connectivity index (χ3v) is 5.09. The van der Waals surface area contributed by atoms with Crippen molar-refractivity contribution < 1.29 is 4.79 Å². The number of H-pyrrole nitrogens is 1. The number of alkyl halides is 1. The summed E-state index contributed by atoms with van der Waals surface area (Å²) in [5, 5.41) is 10.7. The van der Waals surface area contributed by atoms with Crippen LogP contribution >= 0.6 is 15.9 Å². The smallest absolute Gasteiger partial charge is 0.254 e. The van der Waals surface area contributed by atoms with Gasteiger partial charge in [-0.25, -0.2) is 0 Å². The first-order valence-corrected chi connectivity index (χ1v) is 7.63. The zero-order valence-corrected chi connectivity index (χ0v) is 12.3. The molecule has 0 aliphatic heterocycles. The number of rotatable bonds is 4. The number of carbonyl (C=O) groups is 1. The van der Waals surface area contributed by atoms with Gasteiger partial charge in [0, 0.05) is 17.6 Å². The number of halogens is 1. The summed E-state index contributed by atoms with van der Waals surface area (Å²) in [7, 11) is 0. The fourth-order valence-electron chi connectivity index (χ4n) is 2.60. The summed E-state index contributed by atoms with van der Waals surface area (Å²) in [5.74, 6) is -0.0212. The van der Waals surface area contributed by atoms with Crippen molar-refractivity contribution in [1.82, 2.24) is 15.5 Å². The van der Waals surface area contributed by atoms with Crippen LogP contribution in [-0.2, 0) is 0 Å². The van der Waals surface area contributed by atoms with E-state index in [-0.39, 0.29) is 11.3 Å². The van der Waals surface area contributed by atoms with Crippen molar-refractivity contribution in [2.45, 2.75) is 39.0 Å². The van der Waals surface area contributed by atoms with Crippen molar-refractivity contribution in [3.05, 3.63) is 17.5 Å². The Morgan fingerprint density at radius 1 is 1.50 bits per heavy atom. The molecule has 1 aliphatic carbocycles. The Labute approximate surface area is 116 Å². The van der Waals surface area contributed by atoms with E-state index >= 15 is 0 Å². The summed E-state index contributed by atoms with van der Waals surface area (Å²) in [6.45, 7) is 2.62. The highest BCUT2D eigenvalue weighted by atomic mass is 79.9. The molecule has 1 amide bonds. The van der Waals surface area contributed by atoms with Crippen molar-refractivity contribution >= 4 is 21.8 Å². The number of hydrogen-bond donors (Lipinski definition) is 2. The van der Waals surface area contributed by atoms with E-state index in [0.29, 0.717) is 5.56 Å². The van der Waals surface area contributed by atoms with Crippen molar-refractivity contribution in [3.63, 3.8) is 0 Å². The molecule has 1 heterocycles. The summed E-state index contributed by atoms with van der Waals surface area (Å²) in [4.78, 5) is 12.0. The molecule has 1 aromatic rings. The van der Waals surface area contributed by atoms with Crippen LogP contribution in [0.25, 0.3) is 0 Å². The monoisotopic (exact) mass is 313 g/mol. The van der Waals surface area contributed by atoms with E-state index in [0.717, 1.165) is 17.6 Å². The summed E-state index contributed by atoms with van der Waals surface area (Å²) >= 11 is 3.61. The molecular weight excluding hydrogens is 294 g/mol. The molecule has 1 aliphatic rings. The SMILES string of the molecule is Cc1[nH]ncc1C(=O)NCC1(CBr)CCCCC1. The number of nitrogens with zero attached hydrogens (tertiary/aromatic N) is 1. The Hall–Kier alpha value is -0.840. The molecule has 1 saturated carbocycles. The fourth-order valence-corrected chi connectivity index (χ4v) is 3.36. The van der Waals surface area contributed by atoms with E-state index in [4.69, 9.17) is 0 Å². The molecule has 1 aromatic heterocycles. The second-order valence-corrected chi connectivity index (χ2v) is 5.85. The van der Waals surface area contributed by atoms with Gasteiger partial charge in [0.05, 0.1) is 11.8 Å². The minimum Gasteiger partial charge on any atom is -0.351 e. The Kier molecular flexibility index (Phi) is 4.43. The molecule has 2 N–H and O–H groups in total. The fraction of sp³-hybridized carbons (Fsp3) is 0.692. The van der Waals surface area contributed by atoms with E-state index in [1.807, 2.05) is 6.92 Å². The second kappa shape index (κ2) is 5.87. The molecule has 0 unspecified atom stereocenters. The van der Waals surface area contributed by atoms with E-state index in [1.165, 1.54) is 32.1 Å². The van der Waals surface area contributed by atoms with E-state index in [2.05, 4.69) is 31.4 Å². The molecule has 0 radical (unpaired) electrons. The molecule has 0 bridgehead atoms. The quantitative estimate of drug-likeness (QED) is 0.840. The molecule has 100 valence electrons. The van der Waals surface area contributed by atoms with Crippen molar-refractivity contribution in [2.75, 3.05) is 11.9 Å². The standard InChI is InChI=1S/C13H20BrN3O/c1-10-11(7-16-17-10)12(18)15-9-13(8-14)5-3-2-4-6-13/h7H,2-6,8-9H2,1H3,(H,15,18)(H,16,17). The second-order valence-electron chi connectivity index (χ2n) is 5.29. The number of aromatic nitrogens is 2. The third kappa shape index (κ3) is 2.94. The van der Waals surface area contributed by atoms with Crippen LogP contribution in [0, 0.1) is 12.3 Å². The van der Waals surface area contributed by atoms with Gasteiger partial charge in [-0.3, -0.25) is 9.89 Å². The summed E-state index contributed by atoms with van der Waals surface area (Å²) in [6, 6.07) is 0. The zero-order valence-electron chi connectivity index (χ0n) is 10.8. The van der Waals surface area contributed by atoms with Gasteiger partial charge in [-0.15, -0.1) is 0 Å². The molecule has 0 atom stereocenters. The van der Waals surface area contributed by atoms with Crippen molar-refractivity contribution in [1.29, 1.82) is 0 Å². The highest BCUT2D eigenvalue weighted by molar-refractivity contribution is 9.09. The maximum absolute atomic E-state index is 12.0. The van der Waals surface area contributed by atoms with Gasteiger partial charge in [0.1, 0.15) is 0 Å². The van der Waals surface area contributed by atoms with Gasteiger partial charge in [-0.05, 0) is 25.2 Å². The number of aromatic amines is 1. The van der Waals surface area contributed by atoms with Gasteiger partial charge in [-0.1, -0.05) is 35.2 Å². The molecule has 1 fully saturated rings. The van der Waals surface area contributed by atoms with Crippen LogP contribution < -0.4 is 5.32 Å². The zero-order chi connectivity index (χ0) is 13.0. The lowest BCUT2D eigenvalue weighted by Gasteiger charge is -2.35. The lowest BCUT2D eigenvalue weighted by atomic mass is 9.75. The first-order valence-electron chi connectivity index (χ1n) is 6.51. The van der Waals surface area contributed by atoms with E-state index in [1.54, 1.807) is 6.20 Å². The van der Waals surface area contributed by atoms with Gasteiger partial charge in [-0.2, -0.15) is 5.10 Å². The molecule has 2 rings (SSSR count). The third-order valence-electron chi connectivity index (χ3n) is 3.90. The molecule has 0 spiro atoms. The topological polar surface area (TPSA) is 57.8 Å². The number of hydrogen-bond acceptors (Lipinski definition) is 2. The molecule has 0 aromatic carbocycles. The largest absolute Gasteiger partial charge is 0.351 e. The summed E-state index contributed by atoms with van der Waals surface area (Å²) < 4.78 is 0. The number of amides is 1. The number of nitrogens with one attached hydrogen (secondary N) is 2. The van der Waals surface area contributed by atoms with Gasteiger partial charge in [0.25, 0.3) is 5.91 Å². The average Bonchev–Trinajstić information content (AvgIpc) is 2.83. The molecule has 18 heavy (non-hydrogen) atoms. The normalized spacial score (nSPS) is 18.6. The molecule has 0 saturated heterocycles. The van der Waals surface area contributed by atoms with Crippen molar-refractivity contribution in [2.24, 2.45) is 5.41 Å². The highest BCUT2D eigenvalue weighted by Crippen LogP contribution is 2.37. The van der Waals surface area contributed by atoms with Crippen LogP contribution in [0.5, 0.6) is 0 Å². The van der Waals surface area contributed by atoms with Crippen LogP contribution in [0.3, 0.4) is 0 Å². The van der Waals surface area contributed by atoms with Crippen LogP contribution in [0.1, 0.15) is 48.2 Å². The molecule has 5 heteroatoms. The lowest BCUT2D eigenvalue weighted by Crippen LogP contribution is -2.40. The Morgan fingerprint density at radius 3 is 2.78 bits per heavy atom. The first kappa shape index (κ1) is 13.6. The van der Waals surface area contributed by atoms with Crippen LogP contribution in [0.15, 0.2) is 6.20 Å². The molecular formula is C13H20BrN3O. The highest BCUT2D eigenvalue weighted by Gasteiger charge is 2.31. The molecule has 4 nitrogen and oxygen atoms in total. The minimum atomic E-state index is -0.0212. The van der Waals surface area contributed by atoms with E-state index < -0.39 is 0 Å². The number of carbonyl (C=O) groups excluding carboxylic acids is 1. The van der Waals surface area contributed by atoms with Gasteiger partial charge in [0.2, 0.25) is 0 Å². The van der Waals surface area contributed by atoms with Crippen molar-refractivity contribution in [3.8, 4) is 0 Å². The minimum absolute atomic E-state index is 0.0212. The van der Waals surface area contributed by atoms with Crippen LogP contribution in [-0.4, -0.2) is 28.0 Å². The van der Waals surface area contributed by atoms with Crippen LogP contribution in [0.2, 0.25) is 0 Å². The maximum atomic E-state index is 12.0. The Bertz CT molecular complexity index is 410. The first-order chi connectivity index (χ1) is 8.67. The van der Waals surface area contributed by atoms with Crippen LogP contribution in [0.4, 0.5) is 0 Å². The number of aryl methyl sites for hydroxylation is 1. The Morgan fingerprint density at radius 2 is 2.22 bits per heavy atom. The predicted molar refractivity (Wildman–Crippen MR) is 75.0 cm³/mol. The van der Waals surface area contributed by atoms with Gasteiger partial charge in [0.15, 0.2) is 0 Å². The van der Waals surface area contributed by atoms with Gasteiger partial charge >= 0.3 is 0 Å². The van der Waals surface area contributed by atoms with E-state index in [9.17, 15) is 4.79 Å². The summed E-state index contributed by atoms with van der Waals surface area (Å²) in [5.41, 5.74) is 1.71. The summed E-state index contributed by atoms with van der Waals surface area (Å²) in [6.07, 6.45) is 7.85. The van der Waals surface area contributed by atoms with Gasteiger partial charge < -0.3 is 5.32 Å². The average molecular weight is 314 g/mol. The lowest BCUT2D eigenvalue weighted by molar-refractivity contribution is 0.0921.